The molecule has 0 aliphatic rings. The van der Waals surface area contributed by atoms with Gasteiger partial charge in [0.05, 0.1) is 17.7 Å². The number of rotatable bonds is 6. The van der Waals surface area contributed by atoms with E-state index in [1.807, 2.05) is 37.6 Å². The van der Waals surface area contributed by atoms with Crippen molar-refractivity contribution in [2.24, 2.45) is 5.92 Å². The van der Waals surface area contributed by atoms with Crippen LogP contribution < -0.4 is 5.32 Å². The van der Waals surface area contributed by atoms with E-state index in [2.05, 4.69) is 10.4 Å². The van der Waals surface area contributed by atoms with Crippen molar-refractivity contribution >= 4 is 17.6 Å². The van der Waals surface area contributed by atoms with Crippen LogP contribution >= 0.6 is 0 Å². The van der Waals surface area contributed by atoms with E-state index in [1.165, 1.54) is 0 Å². The smallest absolute Gasteiger partial charge is 0.306 e. The predicted octanol–water partition coefficient (Wildman–Crippen LogP) is 3.29. The number of benzene rings is 1. The number of hydrogen-bond donors (Lipinski definition) is 2. The largest absolute Gasteiger partial charge is 0.481 e. The summed E-state index contributed by atoms with van der Waals surface area (Å²) in [4.78, 5) is 23.3. The van der Waals surface area contributed by atoms with Gasteiger partial charge in [0.15, 0.2) is 0 Å². The molecule has 6 nitrogen and oxygen atoms in total. The number of nitrogens with one attached hydrogen (secondary N) is 1. The third-order valence-corrected chi connectivity index (χ3v) is 3.95. The van der Waals surface area contributed by atoms with Crippen LogP contribution in [0.25, 0.3) is 0 Å². The Morgan fingerprint density at radius 1 is 1.21 bits per heavy atom. The number of carbonyl (C=O) groups excluding carboxylic acids is 1. The van der Waals surface area contributed by atoms with Crippen molar-refractivity contribution in [2.45, 2.75) is 40.2 Å². The van der Waals surface area contributed by atoms with E-state index in [4.69, 9.17) is 5.11 Å². The van der Waals surface area contributed by atoms with E-state index < -0.39 is 11.9 Å². The van der Waals surface area contributed by atoms with Crippen molar-refractivity contribution < 1.29 is 14.7 Å². The van der Waals surface area contributed by atoms with E-state index in [0.717, 1.165) is 11.3 Å². The number of nitrogens with zero attached hydrogens (tertiary/aromatic N) is 2. The van der Waals surface area contributed by atoms with Gasteiger partial charge in [-0.15, -0.1) is 0 Å². The summed E-state index contributed by atoms with van der Waals surface area (Å²) in [5.41, 5.74) is 2.97. The number of aromatic nitrogens is 2. The fourth-order valence-electron chi connectivity index (χ4n) is 2.53. The Kier molecular flexibility index (Phi) is 5.39. The number of carboxylic acids is 1. The van der Waals surface area contributed by atoms with Gasteiger partial charge >= 0.3 is 5.97 Å². The molecule has 1 unspecified atom stereocenters. The zero-order valence-corrected chi connectivity index (χ0v) is 14.4. The number of carbonyl (C=O) groups is 2. The molecule has 1 aromatic heterocycles. The highest BCUT2D eigenvalue weighted by molar-refractivity contribution is 6.04. The molecule has 0 spiro atoms. The molecule has 0 aliphatic heterocycles. The number of hydrogen-bond acceptors (Lipinski definition) is 3. The Bertz CT molecular complexity index is 732. The van der Waals surface area contributed by atoms with Crippen LogP contribution in [0.15, 0.2) is 30.5 Å². The Labute approximate surface area is 141 Å². The summed E-state index contributed by atoms with van der Waals surface area (Å²) in [6, 6.07) is 7.43. The molecule has 24 heavy (non-hydrogen) atoms. The summed E-state index contributed by atoms with van der Waals surface area (Å²) in [5.74, 6) is -1.45. The molecule has 2 rings (SSSR count). The highest BCUT2D eigenvalue weighted by Crippen LogP contribution is 2.17. The quantitative estimate of drug-likeness (QED) is 0.852. The van der Waals surface area contributed by atoms with Crippen molar-refractivity contribution in [3.05, 3.63) is 47.3 Å². The third kappa shape index (κ3) is 4.01. The van der Waals surface area contributed by atoms with Gasteiger partial charge in [0.25, 0.3) is 5.91 Å². The van der Waals surface area contributed by atoms with Crippen molar-refractivity contribution in [1.82, 2.24) is 9.78 Å². The SMILES string of the molecule is Cc1c(C(=O)Nc2ccc(CC(C)C(=O)O)cc2)cnn1C(C)C. The molecule has 2 N–H and O–H groups in total. The highest BCUT2D eigenvalue weighted by atomic mass is 16.4. The van der Waals surface area contributed by atoms with Crippen LogP contribution in [-0.2, 0) is 11.2 Å². The Morgan fingerprint density at radius 2 is 1.83 bits per heavy atom. The second-order valence-corrected chi connectivity index (χ2v) is 6.28. The molecule has 6 heteroatoms. The molecule has 0 aliphatic carbocycles. The molecule has 128 valence electrons. The Hall–Kier alpha value is -2.63. The zero-order valence-electron chi connectivity index (χ0n) is 14.4. The maximum Gasteiger partial charge on any atom is 0.306 e. The van der Waals surface area contributed by atoms with E-state index >= 15 is 0 Å². The lowest BCUT2D eigenvalue weighted by Crippen LogP contribution is -2.14. The number of anilines is 1. The summed E-state index contributed by atoms with van der Waals surface area (Å²) < 4.78 is 1.81. The predicted molar refractivity (Wildman–Crippen MR) is 92.2 cm³/mol. The number of amides is 1. The van der Waals surface area contributed by atoms with Gasteiger partial charge in [-0.05, 0) is 44.9 Å². The lowest BCUT2D eigenvalue weighted by atomic mass is 10.0. The second kappa shape index (κ2) is 7.29. The van der Waals surface area contributed by atoms with Crippen LogP contribution in [0.5, 0.6) is 0 Å². The van der Waals surface area contributed by atoms with Gasteiger partial charge in [-0.1, -0.05) is 19.1 Å². The van der Waals surface area contributed by atoms with Crippen LogP contribution in [-0.4, -0.2) is 26.8 Å². The lowest BCUT2D eigenvalue weighted by molar-refractivity contribution is -0.141. The van der Waals surface area contributed by atoms with Crippen LogP contribution in [0, 0.1) is 12.8 Å². The van der Waals surface area contributed by atoms with Gasteiger partial charge in [0, 0.05) is 17.4 Å². The number of aliphatic carboxylic acids is 1. The average Bonchev–Trinajstić information content (AvgIpc) is 2.91. The zero-order chi connectivity index (χ0) is 17.9. The molecule has 0 saturated carbocycles. The molecule has 0 radical (unpaired) electrons. The molecule has 1 heterocycles. The van der Waals surface area contributed by atoms with E-state index in [-0.39, 0.29) is 11.9 Å². The average molecular weight is 329 g/mol. The van der Waals surface area contributed by atoms with Gasteiger partial charge < -0.3 is 10.4 Å². The Balaban J connectivity index is 2.06. The van der Waals surface area contributed by atoms with E-state index in [1.54, 1.807) is 25.3 Å². The van der Waals surface area contributed by atoms with Gasteiger partial charge in [0.1, 0.15) is 0 Å². The standard InChI is InChI=1S/C18H23N3O3/c1-11(2)21-13(4)16(10-19-21)17(22)20-15-7-5-14(6-8-15)9-12(3)18(23)24/h5-8,10-12H,9H2,1-4H3,(H,20,22)(H,23,24). The molecule has 0 bridgehead atoms. The van der Waals surface area contributed by atoms with Crippen molar-refractivity contribution in [2.75, 3.05) is 5.32 Å². The third-order valence-electron chi connectivity index (χ3n) is 3.95. The maximum atomic E-state index is 12.4. The first-order chi connectivity index (χ1) is 11.3. The normalized spacial score (nSPS) is 12.2. The second-order valence-electron chi connectivity index (χ2n) is 6.28. The molecule has 0 saturated heterocycles. The van der Waals surface area contributed by atoms with Crippen molar-refractivity contribution in [3.8, 4) is 0 Å². The fraction of sp³-hybridized carbons (Fsp3) is 0.389. The molecular formula is C18H23N3O3. The fourth-order valence-corrected chi connectivity index (χ4v) is 2.53. The monoisotopic (exact) mass is 329 g/mol. The van der Waals surface area contributed by atoms with Crippen molar-refractivity contribution in [1.29, 1.82) is 0 Å². The molecule has 1 atom stereocenters. The first kappa shape index (κ1) is 17.7. The minimum atomic E-state index is -0.815. The summed E-state index contributed by atoms with van der Waals surface area (Å²) in [5, 5.41) is 16.0. The first-order valence-corrected chi connectivity index (χ1v) is 7.96. The van der Waals surface area contributed by atoms with Crippen LogP contribution in [0.3, 0.4) is 0 Å². The van der Waals surface area contributed by atoms with Crippen molar-refractivity contribution in [3.63, 3.8) is 0 Å². The summed E-state index contributed by atoms with van der Waals surface area (Å²) >= 11 is 0. The molecular weight excluding hydrogens is 306 g/mol. The maximum absolute atomic E-state index is 12.4. The highest BCUT2D eigenvalue weighted by Gasteiger charge is 2.16. The summed E-state index contributed by atoms with van der Waals surface area (Å²) in [7, 11) is 0. The summed E-state index contributed by atoms with van der Waals surface area (Å²) in [6.07, 6.45) is 2.04. The van der Waals surface area contributed by atoms with Gasteiger partial charge in [-0.3, -0.25) is 14.3 Å². The molecule has 1 amide bonds. The molecule has 1 aromatic carbocycles. The van der Waals surface area contributed by atoms with Gasteiger partial charge in [-0.25, -0.2) is 0 Å². The minimum absolute atomic E-state index is 0.196. The number of carboxylic acid groups (broad SMARTS) is 1. The van der Waals surface area contributed by atoms with E-state index in [9.17, 15) is 9.59 Å². The first-order valence-electron chi connectivity index (χ1n) is 7.96. The lowest BCUT2D eigenvalue weighted by Gasteiger charge is -2.10. The van der Waals surface area contributed by atoms with Gasteiger partial charge in [0.2, 0.25) is 0 Å². The van der Waals surface area contributed by atoms with Crippen LogP contribution in [0.1, 0.15) is 48.4 Å². The van der Waals surface area contributed by atoms with Crippen LogP contribution in [0.2, 0.25) is 0 Å². The van der Waals surface area contributed by atoms with E-state index in [0.29, 0.717) is 17.7 Å². The molecule has 2 aromatic rings. The van der Waals surface area contributed by atoms with Crippen LogP contribution in [0.4, 0.5) is 5.69 Å². The summed E-state index contributed by atoms with van der Waals surface area (Å²) in [6.45, 7) is 7.57. The topological polar surface area (TPSA) is 84.2 Å². The molecule has 0 fully saturated rings. The van der Waals surface area contributed by atoms with Gasteiger partial charge in [-0.2, -0.15) is 5.10 Å². The minimum Gasteiger partial charge on any atom is -0.481 e. The Morgan fingerprint density at radius 3 is 2.33 bits per heavy atom.